The van der Waals surface area contributed by atoms with Crippen molar-refractivity contribution in [1.29, 1.82) is 0 Å². The quantitative estimate of drug-likeness (QED) is 0.516. The highest BCUT2D eigenvalue weighted by Gasteiger charge is 2.20. The lowest BCUT2D eigenvalue weighted by Crippen LogP contribution is -2.45. The Morgan fingerprint density at radius 1 is 0.968 bits per heavy atom. The fraction of sp³-hybridized carbons (Fsp3) is 0.400. The Hall–Kier alpha value is -2.25. The number of pyridine rings is 1. The zero-order valence-corrected chi connectivity index (χ0v) is 19.1. The van der Waals surface area contributed by atoms with Gasteiger partial charge in [0.25, 0.3) is 0 Å². The molecular formula is C25H32N4OS. The third-order valence-electron chi connectivity index (χ3n) is 5.77. The van der Waals surface area contributed by atoms with E-state index in [4.69, 9.17) is 4.74 Å². The number of thiophene rings is 1. The van der Waals surface area contributed by atoms with Crippen molar-refractivity contribution in [1.82, 2.24) is 20.1 Å². The number of nitrogens with one attached hydrogen (secondary N) is 1. The summed E-state index contributed by atoms with van der Waals surface area (Å²) in [7, 11) is 1.99. The maximum absolute atomic E-state index is 6.56. The monoisotopic (exact) mass is 436 g/mol. The van der Waals surface area contributed by atoms with Crippen LogP contribution in [0.4, 0.5) is 0 Å². The molecule has 2 aromatic heterocycles. The third-order valence-corrected chi connectivity index (χ3v) is 6.74. The van der Waals surface area contributed by atoms with Crippen LogP contribution in [0.5, 0.6) is 5.75 Å². The molecule has 5 nitrogen and oxygen atoms in total. The Balaban J connectivity index is 1.35. The van der Waals surface area contributed by atoms with Crippen molar-refractivity contribution < 1.29 is 4.74 Å². The minimum absolute atomic E-state index is 0.0887. The molecule has 0 spiro atoms. The number of hydrogen-bond donors (Lipinski definition) is 1. The minimum Gasteiger partial charge on any atom is -0.485 e. The van der Waals surface area contributed by atoms with Gasteiger partial charge in [0.15, 0.2) is 0 Å². The molecular weight excluding hydrogens is 404 g/mol. The molecule has 6 heteroatoms. The molecule has 0 bridgehead atoms. The standard InChI is InChI=1S/C25H32N4OS/c1-26-11-10-24(25-7-4-18-31-25)30-23-6-3-2-5-22(23)20-29-16-14-28(15-17-29)19-21-8-12-27-13-9-21/h2-9,12-13,18,24,26H,10-11,14-17,19-20H2,1H3. The first kappa shape index (κ1) is 22.0. The zero-order valence-electron chi connectivity index (χ0n) is 18.2. The van der Waals surface area contributed by atoms with Gasteiger partial charge in [0.2, 0.25) is 0 Å². The van der Waals surface area contributed by atoms with Gasteiger partial charge in [-0.05, 0) is 48.8 Å². The van der Waals surface area contributed by atoms with Crippen molar-refractivity contribution >= 4 is 11.3 Å². The summed E-state index contributed by atoms with van der Waals surface area (Å²) in [6, 6.07) is 17.0. The molecule has 3 aromatic rings. The molecule has 1 aromatic carbocycles. The molecule has 1 N–H and O–H groups in total. The second kappa shape index (κ2) is 11.4. The summed E-state index contributed by atoms with van der Waals surface area (Å²) in [5.74, 6) is 1.01. The van der Waals surface area contributed by atoms with Crippen molar-refractivity contribution in [2.75, 3.05) is 39.8 Å². The molecule has 1 aliphatic heterocycles. The predicted octanol–water partition coefficient (Wildman–Crippen LogP) is 4.19. The van der Waals surface area contributed by atoms with Crippen molar-refractivity contribution in [2.45, 2.75) is 25.6 Å². The molecule has 1 fully saturated rings. The van der Waals surface area contributed by atoms with Gasteiger partial charge in [0.1, 0.15) is 11.9 Å². The minimum atomic E-state index is 0.0887. The normalized spacial score (nSPS) is 16.3. The number of aromatic nitrogens is 1. The van der Waals surface area contributed by atoms with E-state index < -0.39 is 0 Å². The SMILES string of the molecule is CNCCC(Oc1ccccc1CN1CCN(Cc2ccncc2)CC1)c1cccs1. The molecule has 1 atom stereocenters. The van der Waals surface area contributed by atoms with Crippen LogP contribution in [0.25, 0.3) is 0 Å². The first-order valence-corrected chi connectivity index (χ1v) is 12.0. The Kier molecular flexibility index (Phi) is 8.07. The molecule has 4 rings (SSSR count). The first-order chi connectivity index (χ1) is 15.3. The third kappa shape index (κ3) is 6.37. The number of nitrogens with zero attached hydrogens (tertiary/aromatic N) is 3. The van der Waals surface area contributed by atoms with Crippen LogP contribution in [-0.2, 0) is 13.1 Å². The van der Waals surface area contributed by atoms with Gasteiger partial charge in [-0.15, -0.1) is 11.3 Å². The summed E-state index contributed by atoms with van der Waals surface area (Å²) in [5, 5.41) is 5.38. The van der Waals surface area contributed by atoms with Crippen LogP contribution in [0.15, 0.2) is 66.3 Å². The number of hydrogen-bond acceptors (Lipinski definition) is 6. The predicted molar refractivity (Wildman–Crippen MR) is 127 cm³/mol. The van der Waals surface area contributed by atoms with Crippen LogP contribution in [0.2, 0.25) is 0 Å². The maximum Gasteiger partial charge on any atom is 0.134 e. The van der Waals surface area contributed by atoms with Gasteiger partial charge in [0.05, 0.1) is 0 Å². The molecule has 0 amide bonds. The number of ether oxygens (including phenoxy) is 1. The van der Waals surface area contributed by atoms with Crippen molar-refractivity contribution in [3.63, 3.8) is 0 Å². The second-order valence-corrected chi connectivity index (χ2v) is 9.01. The van der Waals surface area contributed by atoms with Gasteiger partial charge in [-0.1, -0.05) is 24.3 Å². The average molecular weight is 437 g/mol. The molecule has 0 aliphatic carbocycles. The Morgan fingerprint density at radius 3 is 2.42 bits per heavy atom. The largest absolute Gasteiger partial charge is 0.485 e. The Morgan fingerprint density at radius 2 is 1.71 bits per heavy atom. The van der Waals surface area contributed by atoms with Crippen LogP contribution in [0.1, 0.15) is 28.5 Å². The van der Waals surface area contributed by atoms with E-state index in [1.807, 2.05) is 19.4 Å². The molecule has 3 heterocycles. The van der Waals surface area contributed by atoms with E-state index in [0.29, 0.717) is 0 Å². The number of rotatable bonds is 10. The fourth-order valence-electron chi connectivity index (χ4n) is 4.00. The Labute approximate surface area is 189 Å². The molecule has 1 aliphatic rings. The molecule has 0 saturated carbocycles. The van der Waals surface area contributed by atoms with Gasteiger partial charge in [-0.2, -0.15) is 0 Å². The van der Waals surface area contributed by atoms with Crippen LogP contribution in [-0.4, -0.2) is 54.6 Å². The molecule has 1 saturated heterocycles. The molecule has 164 valence electrons. The van der Waals surface area contributed by atoms with Crippen LogP contribution >= 0.6 is 11.3 Å². The highest BCUT2D eigenvalue weighted by Crippen LogP contribution is 2.30. The molecule has 1 unspecified atom stereocenters. The van der Waals surface area contributed by atoms with Gasteiger partial charge in [-0.25, -0.2) is 0 Å². The molecule has 0 radical (unpaired) electrons. The highest BCUT2D eigenvalue weighted by atomic mass is 32.1. The van der Waals surface area contributed by atoms with E-state index in [-0.39, 0.29) is 6.10 Å². The summed E-state index contributed by atoms with van der Waals surface area (Å²) in [5.41, 5.74) is 2.61. The van der Waals surface area contributed by atoms with E-state index in [2.05, 4.69) is 74.0 Å². The lowest BCUT2D eigenvalue weighted by Gasteiger charge is -2.35. The van der Waals surface area contributed by atoms with Gasteiger partial charge in [-0.3, -0.25) is 14.8 Å². The lowest BCUT2D eigenvalue weighted by molar-refractivity contribution is 0.119. The van der Waals surface area contributed by atoms with Gasteiger partial charge in [0, 0.05) is 68.5 Å². The maximum atomic E-state index is 6.56. The van der Waals surface area contributed by atoms with Crippen molar-refractivity contribution in [2.24, 2.45) is 0 Å². The fourth-order valence-corrected chi connectivity index (χ4v) is 4.79. The summed E-state index contributed by atoms with van der Waals surface area (Å²) in [6.07, 6.45) is 4.80. The summed E-state index contributed by atoms with van der Waals surface area (Å²) in [6.45, 7) is 7.20. The van der Waals surface area contributed by atoms with E-state index in [9.17, 15) is 0 Å². The molecule has 31 heavy (non-hydrogen) atoms. The highest BCUT2D eigenvalue weighted by molar-refractivity contribution is 7.10. The van der Waals surface area contributed by atoms with Crippen LogP contribution < -0.4 is 10.1 Å². The van der Waals surface area contributed by atoms with E-state index in [1.165, 1.54) is 16.0 Å². The van der Waals surface area contributed by atoms with E-state index >= 15 is 0 Å². The Bertz CT molecular complexity index is 895. The lowest BCUT2D eigenvalue weighted by atomic mass is 10.1. The first-order valence-electron chi connectivity index (χ1n) is 11.1. The smallest absolute Gasteiger partial charge is 0.134 e. The number of benzene rings is 1. The van der Waals surface area contributed by atoms with Crippen LogP contribution in [0, 0.1) is 0 Å². The van der Waals surface area contributed by atoms with Gasteiger partial charge < -0.3 is 10.1 Å². The van der Waals surface area contributed by atoms with Crippen molar-refractivity contribution in [3.8, 4) is 5.75 Å². The summed E-state index contributed by atoms with van der Waals surface area (Å²) < 4.78 is 6.56. The average Bonchev–Trinajstić information content (AvgIpc) is 3.35. The zero-order chi connectivity index (χ0) is 21.3. The van der Waals surface area contributed by atoms with Gasteiger partial charge >= 0.3 is 0 Å². The topological polar surface area (TPSA) is 40.6 Å². The van der Waals surface area contributed by atoms with E-state index in [1.54, 1.807) is 11.3 Å². The van der Waals surface area contributed by atoms with Crippen molar-refractivity contribution in [3.05, 3.63) is 82.3 Å². The summed E-state index contributed by atoms with van der Waals surface area (Å²) >= 11 is 1.77. The van der Waals surface area contributed by atoms with E-state index in [0.717, 1.165) is 58.0 Å². The summed E-state index contributed by atoms with van der Waals surface area (Å²) in [4.78, 5) is 10.5. The number of para-hydroxylation sites is 1. The second-order valence-electron chi connectivity index (χ2n) is 8.03. The van der Waals surface area contributed by atoms with Crippen LogP contribution in [0.3, 0.4) is 0 Å². The number of piperazine rings is 1.